The fraction of sp³-hybridized carbons (Fsp3) is 0.600. The minimum Gasteiger partial charge on any atom is -0.389 e. The summed E-state index contributed by atoms with van der Waals surface area (Å²) in [5.41, 5.74) is 0.436. The van der Waals surface area contributed by atoms with E-state index in [0.29, 0.717) is 36.8 Å². The standard InChI is InChI=1S/C10H11F3O/c11-10(12,13)8-3-1-2-7-6(8)4-5-9(7)14/h3,9,14H,1-2,4-5H2. The molecule has 0 radical (unpaired) electrons. The van der Waals surface area contributed by atoms with Gasteiger partial charge in [0.2, 0.25) is 0 Å². The Hall–Kier alpha value is -0.770. The number of rotatable bonds is 0. The average Bonchev–Trinajstić information content (AvgIpc) is 2.46. The number of hydrogen-bond donors (Lipinski definition) is 1. The van der Waals surface area contributed by atoms with E-state index in [4.69, 9.17) is 0 Å². The third-order valence-electron chi connectivity index (χ3n) is 2.85. The Morgan fingerprint density at radius 2 is 2.00 bits per heavy atom. The molecule has 1 unspecified atom stereocenters. The summed E-state index contributed by atoms with van der Waals surface area (Å²) in [5, 5.41) is 9.46. The Morgan fingerprint density at radius 1 is 1.29 bits per heavy atom. The third-order valence-corrected chi connectivity index (χ3v) is 2.85. The van der Waals surface area contributed by atoms with Gasteiger partial charge in [0, 0.05) is 0 Å². The van der Waals surface area contributed by atoms with Crippen molar-refractivity contribution in [2.24, 2.45) is 0 Å². The molecule has 0 amide bonds. The van der Waals surface area contributed by atoms with Crippen molar-refractivity contribution >= 4 is 0 Å². The lowest BCUT2D eigenvalue weighted by molar-refractivity contribution is -0.0900. The fourth-order valence-electron chi connectivity index (χ4n) is 2.22. The van der Waals surface area contributed by atoms with E-state index < -0.39 is 17.9 Å². The highest BCUT2D eigenvalue weighted by molar-refractivity contribution is 5.45. The van der Waals surface area contributed by atoms with Crippen molar-refractivity contribution < 1.29 is 18.3 Å². The molecule has 0 spiro atoms. The lowest BCUT2D eigenvalue weighted by Gasteiger charge is -2.19. The summed E-state index contributed by atoms with van der Waals surface area (Å²) >= 11 is 0. The Labute approximate surface area is 79.9 Å². The SMILES string of the molecule is OC1CCC2=C1CCC=C2C(F)(F)F. The molecule has 4 heteroatoms. The molecule has 2 aliphatic carbocycles. The van der Waals surface area contributed by atoms with Crippen LogP contribution in [0.2, 0.25) is 0 Å². The first kappa shape index (κ1) is 9.77. The molecule has 1 N–H and O–H groups in total. The van der Waals surface area contributed by atoms with Crippen LogP contribution in [-0.2, 0) is 0 Å². The number of aliphatic hydroxyl groups excluding tert-OH is 1. The van der Waals surface area contributed by atoms with E-state index in [9.17, 15) is 18.3 Å². The van der Waals surface area contributed by atoms with Crippen molar-refractivity contribution in [1.29, 1.82) is 0 Å². The molecule has 0 fully saturated rings. The van der Waals surface area contributed by atoms with Gasteiger partial charge in [-0.2, -0.15) is 13.2 Å². The monoisotopic (exact) mass is 204 g/mol. The highest BCUT2D eigenvalue weighted by atomic mass is 19.4. The topological polar surface area (TPSA) is 20.2 Å². The number of alkyl halides is 3. The number of hydrogen-bond acceptors (Lipinski definition) is 1. The highest BCUT2D eigenvalue weighted by Crippen LogP contribution is 2.44. The van der Waals surface area contributed by atoms with Crippen molar-refractivity contribution in [3.8, 4) is 0 Å². The molecule has 0 bridgehead atoms. The zero-order chi connectivity index (χ0) is 10.3. The second-order valence-corrected chi connectivity index (χ2v) is 3.71. The van der Waals surface area contributed by atoms with Crippen LogP contribution in [0, 0.1) is 0 Å². The van der Waals surface area contributed by atoms with Crippen LogP contribution in [0.1, 0.15) is 25.7 Å². The Balaban J connectivity index is 2.36. The smallest absolute Gasteiger partial charge is 0.389 e. The number of aliphatic hydroxyl groups is 1. The van der Waals surface area contributed by atoms with Gasteiger partial charge in [-0.3, -0.25) is 0 Å². The third kappa shape index (κ3) is 1.47. The van der Waals surface area contributed by atoms with Gasteiger partial charge in [-0.15, -0.1) is 0 Å². The second kappa shape index (κ2) is 3.12. The molecule has 1 atom stereocenters. The van der Waals surface area contributed by atoms with E-state index in [1.165, 1.54) is 6.08 Å². The van der Waals surface area contributed by atoms with Gasteiger partial charge in [0.05, 0.1) is 11.7 Å². The molecule has 2 aliphatic rings. The van der Waals surface area contributed by atoms with E-state index in [1.807, 2.05) is 0 Å². The Kier molecular flexibility index (Phi) is 2.18. The van der Waals surface area contributed by atoms with Crippen LogP contribution in [0.5, 0.6) is 0 Å². The van der Waals surface area contributed by atoms with Crippen molar-refractivity contribution in [2.75, 3.05) is 0 Å². The first-order chi connectivity index (χ1) is 6.50. The molecule has 14 heavy (non-hydrogen) atoms. The summed E-state index contributed by atoms with van der Waals surface area (Å²) in [4.78, 5) is 0. The molecule has 78 valence electrons. The van der Waals surface area contributed by atoms with Crippen LogP contribution < -0.4 is 0 Å². The minimum absolute atomic E-state index is 0.344. The molecule has 1 nitrogen and oxygen atoms in total. The van der Waals surface area contributed by atoms with Crippen LogP contribution in [0.3, 0.4) is 0 Å². The van der Waals surface area contributed by atoms with Crippen LogP contribution in [0.15, 0.2) is 22.8 Å². The van der Waals surface area contributed by atoms with E-state index in [0.717, 1.165) is 0 Å². The Morgan fingerprint density at radius 3 is 2.64 bits per heavy atom. The molecule has 0 aliphatic heterocycles. The van der Waals surface area contributed by atoms with Gasteiger partial charge in [0.15, 0.2) is 0 Å². The first-order valence-corrected chi connectivity index (χ1v) is 4.68. The van der Waals surface area contributed by atoms with Gasteiger partial charge < -0.3 is 5.11 Å². The van der Waals surface area contributed by atoms with E-state index in [-0.39, 0.29) is 0 Å². The van der Waals surface area contributed by atoms with Crippen LogP contribution >= 0.6 is 0 Å². The van der Waals surface area contributed by atoms with Crippen molar-refractivity contribution in [2.45, 2.75) is 38.0 Å². The maximum atomic E-state index is 12.5. The zero-order valence-corrected chi connectivity index (χ0v) is 7.56. The van der Waals surface area contributed by atoms with Gasteiger partial charge in [0.25, 0.3) is 0 Å². The summed E-state index contributed by atoms with van der Waals surface area (Å²) in [6, 6.07) is 0. The molecule has 0 aromatic rings. The van der Waals surface area contributed by atoms with Crippen LogP contribution in [0.4, 0.5) is 13.2 Å². The molecule has 0 aromatic carbocycles. The molecule has 0 saturated carbocycles. The van der Waals surface area contributed by atoms with Crippen molar-refractivity contribution in [3.63, 3.8) is 0 Å². The first-order valence-electron chi connectivity index (χ1n) is 4.68. The fourth-order valence-corrected chi connectivity index (χ4v) is 2.22. The summed E-state index contributed by atoms with van der Waals surface area (Å²) in [5.74, 6) is 0. The van der Waals surface area contributed by atoms with Crippen LogP contribution in [-0.4, -0.2) is 17.4 Å². The molecular weight excluding hydrogens is 193 g/mol. The molecule has 0 aromatic heterocycles. The predicted octanol–water partition coefficient (Wildman–Crippen LogP) is 2.72. The second-order valence-electron chi connectivity index (χ2n) is 3.71. The maximum Gasteiger partial charge on any atom is 0.416 e. The van der Waals surface area contributed by atoms with Crippen molar-refractivity contribution in [1.82, 2.24) is 0 Å². The van der Waals surface area contributed by atoms with Gasteiger partial charge >= 0.3 is 6.18 Å². The zero-order valence-electron chi connectivity index (χ0n) is 7.56. The predicted molar refractivity (Wildman–Crippen MR) is 45.6 cm³/mol. The van der Waals surface area contributed by atoms with Crippen LogP contribution in [0.25, 0.3) is 0 Å². The lowest BCUT2D eigenvalue weighted by atomic mass is 9.92. The van der Waals surface area contributed by atoms with E-state index in [2.05, 4.69) is 0 Å². The maximum absolute atomic E-state index is 12.5. The lowest BCUT2D eigenvalue weighted by Crippen LogP contribution is -2.17. The molecule has 2 rings (SSSR count). The van der Waals surface area contributed by atoms with Crippen molar-refractivity contribution in [3.05, 3.63) is 22.8 Å². The molecular formula is C10H11F3O. The highest BCUT2D eigenvalue weighted by Gasteiger charge is 2.40. The minimum atomic E-state index is -4.26. The van der Waals surface area contributed by atoms with Gasteiger partial charge in [-0.05, 0) is 36.8 Å². The normalized spacial score (nSPS) is 27.7. The quantitative estimate of drug-likeness (QED) is 0.643. The van der Waals surface area contributed by atoms with E-state index in [1.54, 1.807) is 0 Å². The van der Waals surface area contributed by atoms with E-state index >= 15 is 0 Å². The number of allylic oxidation sites excluding steroid dienone is 3. The summed E-state index contributed by atoms with van der Waals surface area (Å²) < 4.78 is 37.6. The molecule has 0 saturated heterocycles. The van der Waals surface area contributed by atoms with Gasteiger partial charge in [-0.1, -0.05) is 6.08 Å². The summed E-state index contributed by atoms with van der Waals surface area (Å²) in [6.07, 6.45) is -1.88. The van der Waals surface area contributed by atoms with Gasteiger partial charge in [0.1, 0.15) is 0 Å². The summed E-state index contributed by atoms with van der Waals surface area (Å²) in [6.45, 7) is 0. The summed E-state index contributed by atoms with van der Waals surface area (Å²) in [7, 11) is 0. The molecule has 0 heterocycles. The Bertz CT molecular complexity index is 312. The van der Waals surface area contributed by atoms with Gasteiger partial charge in [-0.25, -0.2) is 0 Å². The largest absolute Gasteiger partial charge is 0.416 e. The average molecular weight is 204 g/mol. The number of halogens is 3.